The Kier molecular flexibility index (Phi) is 2.87. The van der Waals surface area contributed by atoms with Crippen LogP contribution in [0.5, 0.6) is 0 Å². The zero-order valence-corrected chi connectivity index (χ0v) is 7.82. The van der Waals surface area contributed by atoms with Gasteiger partial charge in [-0.05, 0) is 13.5 Å². The van der Waals surface area contributed by atoms with E-state index in [1.165, 1.54) is 0 Å². The smallest absolute Gasteiger partial charge is 0.363 e. The van der Waals surface area contributed by atoms with Crippen LogP contribution in [0.15, 0.2) is 0 Å². The predicted molar refractivity (Wildman–Crippen MR) is 42.5 cm³/mol. The van der Waals surface area contributed by atoms with Crippen LogP contribution in [0.1, 0.15) is 13.8 Å². The van der Waals surface area contributed by atoms with E-state index < -0.39 is 11.8 Å². The molecule has 0 saturated carbocycles. The molecule has 0 radical (unpaired) electrons. The SMILES string of the molecule is CCN1CCOC(C)(C(F)(F)F)C1. The van der Waals surface area contributed by atoms with E-state index in [0.29, 0.717) is 13.1 Å². The van der Waals surface area contributed by atoms with Crippen LogP contribution >= 0.6 is 0 Å². The molecule has 13 heavy (non-hydrogen) atoms. The zero-order valence-electron chi connectivity index (χ0n) is 7.82. The Bertz CT molecular complexity index is 183. The standard InChI is InChI=1S/C8H14F3NO/c1-3-12-4-5-13-7(2,6-12)8(9,10)11/h3-6H2,1-2H3. The number of morpholine rings is 1. The molecule has 0 amide bonds. The Labute approximate surface area is 75.7 Å². The van der Waals surface area contributed by atoms with Gasteiger partial charge in [0.2, 0.25) is 0 Å². The molecule has 1 aliphatic rings. The fourth-order valence-corrected chi connectivity index (χ4v) is 1.39. The molecule has 1 atom stereocenters. The van der Waals surface area contributed by atoms with Gasteiger partial charge < -0.3 is 4.74 Å². The van der Waals surface area contributed by atoms with Crippen molar-refractivity contribution in [1.29, 1.82) is 0 Å². The molecule has 1 rings (SSSR count). The number of ether oxygens (including phenoxy) is 1. The summed E-state index contributed by atoms with van der Waals surface area (Å²) in [7, 11) is 0. The molecule has 1 fully saturated rings. The monoisotopic (exact) mass is 197 g/mol. The van der Waals surface area contributed by atoms with Crippen molar-refractivity contribution in [2.24, 2.45) is 0 Å². The summed E-state index contributed by atoms with van der Waals surface area (Å²) in [6, 6.07) is 0. The van der Waals surface area contributed by atoms with Crippen molar-refractivity contribution in [2.75, 3.05) is 26.2 Å². The van der Waals surface area contributed by atoms with Crippen LogP contribution in [0, 0.1) is 0 Å². The third-order valence-electron chi connectivity index (χ3n) is 2.40. The molecule has 0 aromatic heterocycles. The van der Waals surface area contributed by atoms with Crippen molar-refractivity contribution < 1.29 is 17.9 Å². The Balaban J connectivity index is 2.68. The van der Waals surface area contributed by atoms with Crippen molar-refractivity contribution in [3.63, 3.8) is 0 Å². The molecule has 0 spiro atoms. The quantitative estimate of drug-likeness (QED) is 0.634. The van der Waals surface area contributed by atoms with Gasteiger partial charge in [-0.3, -0.25) is 4.90 Å². The summed E-state index contributed by atoms with van der Waals surface area (Å²) in [5.74, 6) is 0. The minimum Gasteiger partial charge on any atom is -0.363 e. The van der Waals surface area contributed by atoms with E-state index in [4.69, 9.17) is 4.74 Å². The number of hydrogen-bond donors (Lipinski definition) is 0. The molecular formula is C8H14F3NO. The van der Waals surface area contributed by atoms with Gasteiger partial charge in [0.1, 0.15) is 0 Å². The number of nitrogens with zero attached hydrogens (tertiary/aromatic N) is 1. The Hall–Kier alpha value is -0.290. The maximum atomic E-state index is 12.5. The lowest BCUT2D eigenvalue weighted by Crippen LogP contribution is -2.57. The van der Waals surface area contributed by atoms with Gasteiger partial charge in [0.05, 0.1) is 6.61 Å². The van der Waals surface area contributed by atoms with Crippen molar-refractivity contribution in [3.05, 3.63) is 0 Å². The second kappa shape index (κ2) is 3.46. The first-order valence-electron chi connectivity index (χ1n) is 4.32. The van der Waals surface area contributed by atoms with Crippen LogP contribution in [-0.2, 0) is 4.74 Å². The van der Waals surface area contributed by atoms with Gasteiger partial charge in [0, 0.05) is 13.1 Å². The van der Waals surface area contributed by atoms with Crippen LogP contribution in [0.4, 0.5) is 13.2 Å². The highest BCUT2D eigenvalue weighted by Gasteiger charge is 2.54. The Morgan fingerprint density at radius 2 is 2.08 bits per heavy atom. The first-order chi connectivity index (χ1) is 5.89. The van der Waals surface area contributed by atoms with E-state index in [-0.39, 0.29) is 13.2 Å². The van der Waals surface area contributed by atoms with Gasteiger partial charge in [-0.15, -0.1) is 0 Å². The summed E-state index contributed by atoms with van der Waals surface area (Å²) >= 11 is 0. The fourth-order valence-electron chi connectivity index (χ4n) is 1.39. The topological polar surface area (TPSA) is 12.5 Å². The summed E-state index contributed by atoms with van der Waals surface area (Å²) in [5.41, 5.74) is -1.98. The summed E-state index contributed by atoms with van der Waals surface area (Å²) in [6.45, 7) is 4.27. The van der Waals surface area contributed by atoms with Crippen LogP contribution in [0.2, 0.25) is 0 Å². The van der Waals surface area contributed by atoms with Gasteiger partial charge in [0.25, 0.3) is 0 Å². The molecule has 0 aliphatic carbocycles. The Morgan fingerprint density at radius 3 is 2.54 bits per heavy atom. The largest absolute Gasteiger partial charge is 0.418 e. The predicted octanol–water partition coefficient (Wildman–Crippen LogP) is 1.66. The van der Waals surface area contributed by atoms with E-state index in [0.717, 1.165) is 6.92 Å². The zero-order chi connectivity index (χ0) is 10.1. The number of likely N-dealkylation sites (N-methyl/N-ethyl adjacent to an activating group) is 1. The molecule has 5 heteroatoms. The highest BCUT2D eigenvalue weighted by atomic mass is 19.4. The molecule has 78 valence electrons. The van der Waals surface area contributed by atoms with Crippen molar-refractivity contribution >= 4 is 0 Å². The first kappa shape index (κ1) is 10.8. The van der Waals surface area contributed by atoms with Crippen LogP contribution in [-0.4, -0.2) is 42.9 Å². The van der Waals surface area contributed by atoms with E-state index >= 15 is 0 Å². The maximum absolute atomic E-state index is 12.5. The number of halogens is 3. The molecule has 0 aromatic rings. The minimum atomic E-state index is -4.28. The first-order valence-corrected chi connectivity index (χ1v) is 4.32. The lowest BCUT2D eigenvalue weighted by atomic mass is 10.0. The third kappa shape index (κ3) is 2.14. The lowest BCUT2D eigenvalue weighted by Gasteiger charge is -2.40. The van der Waals surface area contributed by atoms with Gasteiger partial charge in [-0.25, -0.2) is 0 Å². The average Bonchev–Trinajstić information content (AvgIpc) is 2.02. The van der Waals surface area contributed by atoms with E-state index in [9.17, 15) is 13.2 Å². The van der Waals surface area contributed by atoms with Crippen molar-refractivity contribution in [3.8, 4) is 0 Å². The van der Waals surface area contributed by atoms with Crippen molar-refractivity contribution in [1.82, 2.24) is 4.90 Å². The van der Waals surface area contributed by atoms with Gasteiger partial charge >= 0.3 is 6.18 Å². The molecule has 2 nitrogen and oxygen atoms in total. The molecule has 1 aliphatic heterocycles. The molecular weight excluding hydrogens is 183 g/mol. The minimum absolute atomic E-state index is 0.0625. The molecule has 0 aromatic carbocycles. The number of alkyl halides is 3. The third-order valence-corrected chi connectivity index (χ3v) is 2.40. The molecule has 0 bridgehead atoms. The number of hydrogen-bond acceptors (Lipinski definition) is 2. The van der Waals surface area contributed by atoms with Crippen LogP contribution in [0.25, 0.3) is 0 Å². The van der Waals surface area contributed by atoms with Crippen molar-refractivity contribution in [2.45, 2.75) is 25.6 Å². The normalized spacial score (nSPS) is 32.1. The fraction of sp³-hybridized carbons (Fsp3) is 1.00. The van der Waals surface area contributed by atoms with E-state index in [1.54, 1.807) is 4.90 Å². The van der Waals surface area contributed by atoms with Gasteiger partial charge in [-0.2, -0.15) is 13.2 Å². The second-order valence-electron chi connectivity index (χ2n) is 3.45. The van der Waals surface area contributed by atoms with E-state index in [2.05, 4.69) is 0 Å². The highest BCUT2D eigenvalue weighted by molar-refractivity contribution is 4.89. The highest BCUT2D eigenvalue weighted by Crippen LogP contribution is 2.35. The van der Waals surface area contributed by atoms with Crippen LogP contribution in [0.3, 0.4) is 0 Å². The number of rotatable bonds is 1. The second-order valence-corrected chi connectivity index (χ2v) is 3.45. The van der Waals surface area contributed by atoms with Gasteiger partial charge in [-0.1, -0.05) is 6.92 Å². The lowest BCUT2D eigenvalue weighted by molar-refractivity contribution is -0.288. The van der Waals surface area contributed by atoms with Crippen LogP contribution < -0.4 is 0 Å². The maximum Gasteiger partial charge on any atom is 0.418 e. The molecule has 0 N–H and O–H groups in total. The average molecular weight is 197 g/mol. The summed E-state index contributed by atoms with van der Waals surface area (Å²) < 4.78 is 42.2. The molecule has 1 unspecified atom stereocenters. The van der Waals surface area contributed by atoms with E-state index in [1.807, 2.05) is 6.92 Å². The molecule has 1 saturated heterocycles. The summed E-state index contributed by atoms with van der Waals surface area (Å²) in [6.07, 6.45) is -4.28. The summed E-state index contributed by atoms with van der Waals surface area (Å²) in [5, 5.41) is 0. The van der Waals surface area contributed by atoms with Gasteiger partial charge in [0.15, 0.2) is 5.60 Å². The Morgan fingerprint density at radius 1 is 1.46 bits per heavy atom. The molecule has 1 heterocycles. The summed E-state index contributed by atoms with van der Waals surface area (Å²) in [4.78, 5) is 1.75.